The van der Waals surface area contributed by atoms with Gasteiger partial charge in [0.1, 0.15) is 11.9 Å². The van der Waals surface area contributed by atoms with Crippen LogP contribution in [0.15, 0.2) is 48.5 Å². The maximum atomic E-state index is 13.7. The number of anilines is 2. The Balaban J connectivity index is 1.74. The van der Waals surface area contributed by atoms with Crippen molar-refractivity contribution in [2.24, 2.45) is 0 Å². The lowest BCUT2D eigenvalue weighted by Gasteiger charge is -2.25. The summed E-state index contributed by atoms with van der Waals surface area (Å²) in [7, 11) is 1.56. The second-order valence-electron chi connectivity index (χ2n) is 6.91. The molecule has 1 aliphatic heterocycles. The van der Waals surface area contributed by atoms with Gasteiger partial charge in [-0.15, -0.1) is 0 Å². The van der Waals surface area contributed by atoms with E-state index in [4.69, 9.17) is 0 Å². The molecule has 1 heterocycles. The molecule has 0 radical (unpaired) electrons. The molecule has 3 rings (SSSR count). The summed E-state index contributed by atoms with van der Waals surface area (Å²) < 4.78 is 13.7. The number of carbonyl (C=O) groups excluding carboxylic acids is 2. The Morgan fingerprint density at radius 2 is 1.90 bits per heavy atom. The van der Waals surface area contributed by atoms with E-state index in [0.717, 1.165) is 5.56 Å². The number of hydrogen-bond acceptors (Lipinski definition) is 4. The van der Waals surface area contributed by atoms with Gasteiger partial charge in [-0.25, -0.2) is 9.18 Å². The number of nitrogens with zero attached hydrogens (tertiary/aromatic N) is 2. The van der Waals surface area contributed by atoms with Gasteiger partial charge in [0.2, 0.25) is 11.8 Å². The van der Waals surface area contributed by atoms with E-state index in [0.29, 0.717) is 11.4 Å². The molecular weight excluding hydrogens is 377 g/mol. The fourth-order valence-corrected chi connectivity index (χ4v) is 3.31. The molecule has 1 aliphatic rings. The number of rotatable bonds is 6. The largest absolute Gasteiger partial charge is 0.480 e. The van der Waals surface area contributed by atoms with Gasteiger partial charge in [0.15, 0.2) is 0 Å². The predicted octanol–water partition coefficient (Wildman–Crippen LogP) is 1.81. The molecule has 0 bridgehead atoms. The van der Waals surface area contributed by atoms with Crippen molar-refractivity contribution in [3.05, 3.63) is 59.9 Å². The van der Waals surface area contributed by atoms with Crippen LogP contribution in [0.5, 0.6) is 0 Å². The molecule has 0 unspecified atom stereocenters. The number of benzene rings is 2. The van der Waals surface area contributed by atoms with Gasteiger partial charge in [-0.05, 0) is 23.8 Å². The molecule has 0 aliphatic carbocycles. The number of hydrogen-bond donors (Lipinski definition) is 2. The molecule has 0 fully saturated rings. The number of aliphatic carboxylic acids is 1. The number of halogens is 1. The van der Waals surface area contributed by atoms with Crippen LogP contribution in [0.1, 0.15) is 12.0 Å². The van der Waals surface area contributed by atoms with Gasteiger partial charge in [-0.2, -0.15) is 0 Å². The highest BCUT2D eigenvalue weighted by atomic mass is 19.1. The van der Waals surface area contributed by atoms with Crippen molar-refractivity contribution >= 4 is 29.2 Å². The topological polar surface area (TPSA) is 90.0 Å². The standard InChI is InChI=1S/C21H22FN3O4/c1-24-18-12-15(22)7-8-17(18)25(10-9-20(24)27)13-19(26)23-16(21(28)29)11-14-5-3-2-4-6-14/h2-8,12,16H,9-11,13H2,1H3,(H,23,26)(H,28,29)/t16-/m1/s1. The number of nitrogens with one attached hydrogen (secondary N) is 1. The number of carboxylic acids is 1. The van der Waals surface area contributed by atoms with Crippen molar-refractivity contribution in [1.82, 2.24) is 5.32 Å². The smallest absolute Gasteiger partial charge is 0.326 e. The SMILES string of the molecule is CN1C(=O)CCN(CC(=O)N[C@H](Cc2ccccc2)C(=O)O)c2ccc(F)cc21. The van der Waals surface area contributed by atoms with Gasteiger partial charge in [0.25, 0.3) is 0 Å². The van der Waals surface area contributed by atoms with Crippen LogP contribution in [0.2, 0.25) is 0 Å². The first-order chi connectivity index (χ1) is 13.8. The fraction of sp³-hybridized carbons (Fsp3) is 0.286. The summed E-state index contributed by atoms with van der Waals surface area (Å²) in [6, 6.07) is 12.0. The fourth-order valence-electron chi connectivity index (χ4n) is 3.31. The lowest BCUT2D eigenvalue weighted by molar-refractivity contribution is -0.141. The van der Waals surface area contributed by atoms with Gasteiger partial charge < -0.3 is 20.2 Å². The normalized spacial score (nSPS) is 14.8. The van der Waals surface area contributed by atoms with Crippen molar-refractivity contribution in [2.75, 3.05) is 29.9 Å². The third-order valence-corrected chi connectivity index (χ3v) is 4.86. The molecule has 7 nitrogen and oxygen atoms in total. The molecular formula is C21H22FN3O4. The third kappa shape index (κ3) is 4.90. The molecule has 2 amide bonds. The van der Waals surface area contributed by atoms with Crippen LogP contribution in [-0.4, -0.2) is 49.1 Å². The summed E-state index contributed by atoms with van der Waals surface area (Å²) in [4.78, 5) is 39.4. The Bertz CT molecular complexity index is 919. The van der Waals surface area contributed by atoms with Crippen molar-refractivity contribution < 1.29 is 23.9 Å². The van der Waals surface area contributed by atoms with Gasteiger partial charge in [0.05, 0.1) is 17.9 Å². The molecule has 2 N–H and O–H groups in total. The second kappa shape index (κ2) is 8.72. The van der Waals surface area contributed by atoms with Crippen molar-refractivity contribution in [1.29, 1.82) is 0 Å². The highest BCUT2D eigenvalue weighted by molar-refractivity contribution is 5.99. The zero-order valence-electron chi connectivity index (χ0n) is 16.0. The quantitative estimate of drug-likeness (QED) is 0.773. The lowest BCUT2D eigenvalue weighted by Crippen LogP contribution is -2.47. The Morgan fingerprint density at radius 1 is 1.17 bits per heavy atom. The summed E-state index contributed by atoms with van der Waals surface area (Å²) in [5.41, 5.74) is 1.72. The van der Waals surface area contributed by atoms with E-state index in [1.165, 1.54) is 23.1 Å². The molecule has 0 aromatic heterocycles. The highest BCUT2D eigenvalue weighted by Gasteiger charge is 2.27. The van der Waals surface area contributed by atoms with Gasteiger partial charge in [-0.1, -0.05) is 30.3 Å². The van der Waals surface area contributed by atoms with Crippen molar-refractivity contribution in [3.8, 4) is 0 Å². The van der Waals surface area contributed by atoms with E-state index in [9.17, 15) is 23.9 Å². The minimum atomic E-state index is -1.13. The number of amides is 2. The highest BCUT2D eigenvalue weighted by Crippen LogP contribution is 2.32. The number of carbonyl (C=O) groups is 3. The lowest BCUT2D eigenvalue weighted by atomic mass is 10.1. The molecule has 2 aromatic rings. The second-order valence-corrected chi connectivity index (χ2v) is 6.91. The van der Waals surface area contributed by atoms with Crippen LogP contribution >= 0.6 is 0 Å². The van der Waals surface area contributed by atoms with E-state index in [1.807, 2.05) is 6.07 Å². The van der Waals surface area contributed by atoms with E-state index < -0.39 is 23.7 Å². The maximum absolute atomic E-state index is 13.7. The zero-order chi connectivity index (χ0) is 21.0. The first kappa shape index (κ1) is 20.3. The maximum Gasteiger partial charge on any atom is 0.326 e. The monoisotopic (exact) mass is 399 g/mol. The number of fused-ring (bicyclic) bond motifs is 1. The summed E-state index contributed by atoms with van der Waals surface area (Å²) in [5.74, 6) is -2.29. The Hall–Kier alpha value is -3.42. The van der Waals surface area contributed by atoms with Crippen LogP contribution < -0.4 is 15.1 Å². The predicted molar refractivity (Wildman–Crippen MR) is 106 cm³/mol. The molecule has 29 heavy (non-hydrogen) atoms. The third-order valence-electron chi connectivity index (χ3n) is 4.86. The van der Waals surface area contributed by atoms with Crippen LogP contribution in [0.3, 0.4) is 0 Å². The molecule has 8 heteroatoms. The van der Waals surface area contributed by atoms with Gasteiger partial charge >= 0.3 is 5.97 Å². The molecule has 2 aromatic carbocycles. The summed E-state index contributed by atoms with van der Waals surface area (Å²) in [5, 5.41) is 12.0. The minimum Gasteiger partial charge on any atom is -0.480 e. The van der Waals surface area contributed by atoms with Crippen molar-refractivity contribution in [3.63, 3.8) is 0 Å². The average molecular weight is 399 g/mol. The summed E-state index contributed by atoms with van der Waals surface area (Å²) >= 11 is 0. The minimum absolute atomic E-state index is 0.141. The summed E-state index contributed by atoms with van der Waals surface area (Å²) in [6.07, 6.45) is 0.317. The van der Waals surface area contributed by atoms with Crippen LogP contribution in [0.25, 0.3) is 0 Å². The summed E-state index contributed by atoms with van der Waals surface area (Å²) in [6.45, 7) is 0.129. The van der Waals surface area contributed by atoms with Crippen LogP contribution in [0, 0.1) is 5.82 Å². The average Bonchev–Trinajstić information content (AvgIpc) is 2.80. The van der Waals surface area contributed by atoms with E-state index in [1.54, 1.807) is 36.2 Å². The Labute approximate surface area is 167 Å². The zero-order valence-corrected chi connectivity index (χ0v) is 16.0. The van der Waals surface area contributed by atoms with Gasteiger partial charge in [0, 0.05) is 26.4 Å². The Morgan fingerprint density at radius 3 is 2.59 bits per heavy atom. The van der Waals surface area contributed by atoms with Crippen molar-refractivity contribution in [2.45, 2.75) is 18.9 Å². The molecule has 0 saturated heterocycles. The molecule has 0 saturated carbocycles. The van der Waals surface area contributed by atoms with Crippen LogP contribution in [-0.2, 0) is 20.8 Å². The molecule has 152 valence electrons. The first-order valence-electron chi connectivity index (χ1n) is 9.22. The van der Waals surface area contributed by atoms with E-state index in [2.05, 4.69) is 5.32 Å². The molecule has 1 atom stereocenters. The van der Waals surface area contributed by atoms with E-state index >= 15 is 0 Å². The number of carboxylic acid groups (broad SMARTS) is 1. The Kier molecular flexibility index (Phi) is 6.11. The first-order valence-corrected chi connectivity index (χ1v) is 9.22. The van der Waals surface area contributed by atoms with Gasteiger partial charge in [-0.3, -0.25) is 9.59 Å². The molecule has 0 spiro atoms. The van der Waals surface area contributed by atoms with E-state index in [-0.39, 0.29) is 31.8 Å². The van der Waals surface area contributed by atoms with Crippen LogP contribution in [0.4, 0.5) is 15.8 Å².